The first-order chi connectivity index (χ1) is 5.66. The average Bonchev–Trinajstić information content (AvgIpc) is 2.29. The molecule has 2 rings (SSSR count). The first-order valence-electron chi connectivity index (χ1n) is 3.28. The van der Waals surface area contributed by atoms with Gasteiger partial charge >= 0.3 is 5.76 Å². The van der Waals surface area contributed by atoms with Crippen molar-refractivity contribution >= 4 is 16.8 Å². The third-order valence-corrected chi connectivity index (χ3v) is 1.53. The number of H-pyrrole nitrogens is 1. The summed E-state index contributed by atoms with van der Waals surface area (Å²) in [4.78, 5) is 13.1. The normalized spacial score (nSPS) is 10.7. The summed E-state index contributed by atoms with van der Waals surface area (Å²) in [6.07, 6.45) is 0. The molecule has 1 heterocycles. The lowest BCUT2D eigenvalue weighted by Gasteiger charge is -1.94. The Hall–Kier alpha value is -1.91. The van der Waals surface area contributed by atoms with Gasteiger partial charge in [0, 0.05) is 12.1 Å². The van der Waals surface area contributed by atoms with Gasteiger partial charge in [0.2, 0.25) is 0 Å². The monoisotopic (exact) mass is 166 g/mol. The highest BCUT2D eigenvalue weighted by Crippen LogP contribution is 2.23. The van der Waals surface area contributed by atoms with Gasteiger partial charge in [-0.15, -0.1) is 0 Å². The van der Waals surface area contributed by atoms with Crippen LogP contribution < -0.4 is 11.5 Å². The number of hydrogen-bond acceptors (Lipinski definition) is 4. The topological polar surface area (TPSA) is 92.2 Å². The number of phenols is 1. The predicted octanol–water partition coefficient (Wildman–Crippen LogP) is 0.409. The Morgan fingerprint density at radius 1 is 1.50 bits per heavy atom. The fourth-order valence-electron chi connectivity index (χ4n) is 1.07. The SMILES string of the molecule is Nc1cc(O)cc2[nH]c(=O)oc12. The summed E-state index contributed by atoms with van der Waals surface area (Å²) >= 11 is 0. The van der Waals surface area contributed by atoms with Crippen molar-refractivity contribution in [2.24, 2.45) is 0 Å². The lowest BCUT2D eigenvalue weighted by atomic mass is 10.3. The minimum Gasteiger partial charge on any atom is -0.508 e. The molecule has 0 saturated carbocycles. The summed E-state index contributed by atoms with van der Waals surface area (Å²) in [5, 5.41) is 9.08. The fraction of sp³-hybridized carbons (Fsp3) is 0. The highest BCUT2D eigenvalue weighted by atomic mass is 16.4. The van der Waals surface area contributed by atoms with Crippen molar-refractivity contribution in [2.45, 2.75) is 0 Å². The summed E-state index contributed by atoms with van der Waals surface area (Å²) in [6.45, 7) is 0. The molecule has 5 heteroatoms. The summed E-state index contributed by atoms with van der Waals surface area (Å²) in [7, 11) is 0. The summed E-state index contributed by atoms with van der Waals surface area (Å²) in [5.74, 6) is -0.584. The third-order valence-electron chi connectivity index (χ3n) is 1.53. The van der Waals surface area contributed by atoms with Crippen molar-refractivity contribution in [3.05, 3.63) is 22.7 Å². The lowest BCUT2D eigenvalue weighted by molar-refractivity contribution is 0.476. The van der Waals surface area contributed by atoms with Crippen LogP contribution in [0, 0.1) is 0 Å². The summed E-state index contributed by atoms with van der Waals surface area (Å²) < 4.78 is 4.71. The van der Waals surface area contributed by atoms with Crippen molar-refractivity contribution in [1.82, 2.24) is 4.98 Å². The quantitative estimate of drug-likeness (QED) is 0.494. The predicted molar refractivity (Wildman–Crippen MR) is 42.9 cm³/mol. The molecule has 62 valence electrons. The Morgan fingerprint density at radius 2 is 2.25 bits per heavy atom. The smallest absolute Gasteiger partial charge is 0.417 e. The van der Waals surface area contributed by atoms with Crippen LogP contribution in [0.3, 0.4) is 0 Å². The first kappa shape index (κ1) is 6.78. The lowest BCUT2D eigenvalue weighted by Crippen LogP contribution is -1.92. The van der Waals surface area contributed by atoms with Crippen molar-refractivity contribution in [1.29, 1.82) is 0 Å². The molecule has 0 atom stereocenters. The van der Waals surface area contributed by atoms with Gasteiger partial charge in [-0.1, -0.05) is 0 Å². The molecule has 0 saturated heterocycles. The molecule has 0 fully saturated rings. The number of nitrogens with one attached hydrogen (secondary N) is 1. The maximum Gasteiger partial charge on any atom is 0.417 e. The minimum absolute atomic E-state index is 0.00273. The molecule has 2 aromatic rings. The van der Waals surface area contributed by atoms with E-state index >= 15 is 0 Å². The number of fused-ring (bicyclic) bond motifs is 1. The first-order valence-corrected chi connectivity index (χ1v) is 3.28. The van der Waals surface area contributed by atoms with Gasteiger partial charge in [-0.3, -0.25) is 4.98 Å². The Morgan fingerprint density at radius 3 is 3.00 bits per heavy atom. The second kappa shape index (κ2) is 2.04. The maximum absolute atomic E-state index is 10.7. The van der Waals surface area contributed by atoms with E-state index in [9.17, 15) is 4.79 Å². The van der Waals surface area contributed by atoms with E-state index in [2.05, 4.69) is 4.98 Å². The third kappa shape index (κ3) is 0.833. The van der Waals surface area contributed by atoms with Gasteiger partial charge in [0.05, 0.1) is 11.2 Å². The maximum atomic E-state index is 10.7. The van der Waals surface area contributed by atoms with Crippen LogP contribution in [0.4, 0.5) is 5.69 Å². The Bertz CT molecular complexity index is 483. The molecule has 0 unspecified atom stereocenters. The molecule has 0 spiro atoms. The van der Waals surface area contributed by atoms with Gasteiger partial charge in [0.15, 0.2) is 5.58 Å². The van der Waals surface area contributed by atoms with Crippen molar-refractivity contribution in [2.75, 3.05) is 5.73 Å². The Kier molecular flexibility index (Phi) is 1.15. The van der Waals surface area contributed by atoms with Gasteiger partial charge in [-0.05, 0) is 0 Å². The number of aromatic nitrogens is 1. The van der Waals surface area contributed by atoms with Gasteiger partial charge in [0.1, 0.15) is 5.75 Å². The standard InChI is InChI=1S/C7H6N2O3/c8-4-1-3(10)2-5-6(4)12-7(11)9-5/h1-2,10H,8H2,(H,9,11). The van der Waals surface area contributed by atoms with Crippen LogP contribution in [0.5, 0.6) is 5.75 Å². The van der Waals surface area contributed by atoms with Gasteiger partial charge < -0.3 is 15.3 Å². The second-order valence-corrected chi connectivity index (χ2v) is 2.43. The minimum atomic E-state index is -0.581. The number of phenolic OH excluding ortho intramolecular Hbond substituents is 1. The number of nitrogens with two attached hydrogens (primary N) is 1. The van der Waals surface area contributed by atoms with Crippen LogP contribution in [0.1, 0.15) is 0 Å². The summed E-state index contributed by atoms with van der Waals surface area (Å²) in [5.41, 5.74) is 6.37. The fourth-order valence-corrected chi connectivity index (χ4v) is 1.07. The van der Waals surface area contributed by atoms with Crippen LogP contribution in [0.25, 0.3) is 11.1 Å². The van der Waals surface area contributed by atoms with Crippen molar-refractivity contribution < 1.29 is 9.52 Å². The van der Waals surface area contributed by atoms with E-state index in [1.54, 1.807) is 0 Å². The zero-order chi connectivity index (χ0) is 8.72. The van der Waals surface area contributed by atoms with E-state index in [0.29, 0.717) is 5.52 Å². The number of hydrogen-bond donors (Lipinski definition) is 3. The molecule has 0 aliphatic carbocycles. The van der Waals surface area contributed by atoms with E-state index in [1.165, 1.54) is 12.1 Å². The molecule has 12 heavy (non-hydrogen) atoms. The zero-order valence-electron chi connectivity index (χ0n) is 6.00. The number of rotatable bonds is 0. The molecular formula is C7H6N2O3. The van der Waals surface area contributed by atoms with E-state index in [0.717, 1.165) is 0 Å². The molecule has 5 nitrogen and oxygen atoms in total. The molecular weight excluding hydrogens is 160 g/mol. The van der Waals surface area contributed by atoms with E-state index in [-0.39, 0.29) is 17.0 Å². The number of oxazole rings is 1. The highest BCUT2D eigenvalue weighted by Gasteiger charge is 2.05. The van der Waals surface area contributed by atoms with Crippen LogP contribution in [0.2, 0.25) is 0 Å². The van der Waals surface area contributed by atoms with Crippen LogP contribution >= 0.6 is 0 Å². The molecule has 0 bridgehead atoms. The highest BCUT2D eigenvalue weighted by molar-refractivity contribution is 5.86. The number of aromatic hydroxyl groups is 1. The Labute approximate surface area is 66.4 Å². The average molecular weight is 166 g/mol. The number of nitrogen functional groups attached to an aromatic ring is 1. The van der Waals surface area contributed by atoms with Crippen molar-refractivity contribution in [3.63, 3.8) is 0 Å². The van der Waals surface area contributed by atoms with E-state index in [4.69, 9.17) is 15.3 Å². The van der Waals surface area contributed by atoms with Crippen molar-refractivity contribution in [3.8, 4) is 5.75 Å². The molecule has 4 N–H and O–H groups in total. The Balaban J connectivity index is 2.97. The number of aromatic amines is 1. The van der Waals surface area contributed by atoms with Gasteiger partial charge in [-0.2, -0.15) is 0 Å². The number of benzene rings is 1. The van der Waals surface area contributed by atoms with Gasteiger partial charge in [0.25, 0.3) is 0 Å². The van der Waals surface area contributed by atoms with Crippen LogP contribution in [-0.2, 0) is 0 Å². The molecule has 0 aliphatic heterocycles. The molecule has 0 aliphatic rings. The van der Waals surface area contributed by atoms with Crippen LogP contribution in [-0.4, -0.2) is 10.1 Å². The number of anilines is 1. The molecule has 0 amide bonds. The molecule has 1 aromatic heterocycles. The van der Waals surface area contributed by atoms with Gasteiger partial charge in [-0.25, -0.2) is 4.79 Å². The molecule has 0 radical (unpaired) electrons. The van der Waals surface area contributed by atoms with E-state index < -0.39 is 5.76 Å². The zero-order valence-corrected chi connectivity index (χ0v) is 6.00. The second-order valence-electron chi connectivity index (χ2n) is 2.43. The largest absolute Gasteiger partial charge is 0.508 e. The molecule has 1 aromatic carbocycles. The summed E-state index contributed by atoms with van der Waals surface area (Å²) in [6, 6.07) is 2.69. The van der Waals surface area contributed by atoms with Crippen LogP contribution in [0.15, 0.2) is 21.3 Å². The van der Waals surface area contributed by atoms with E-state index in [1.807, 2.05) is 0 Å².